The molecule has 51 heavy (non-hydrogen) atoms. The SMILES string of the molecule is Cc1ccc(N2CCN(C(=O)CCC(=O)NCCNC(=S)Nc3ccc4c(c3)C(=O)OC43c4ccc(O)cc4Oc4cc(O)ccc43)CC2)nc1. The summed E-state index contributed by atoms with van der Waals surface area (Å²) in [6, 6.07) is 18.4. The summed E-state index contributed by atoms with van der Waals surface area (Å²) in [6.07, 6.45) is 2.07. The van der Waals surface area contributed by atoms with Gasteiger partial charge < -0.3 is 45.4 Å². The maximum Gasteiger partial charge on any atom is 0.340 e. The summed E-state index contributed by atoms with van der Waals surface area (Å²) in [6.45, 7) is 5.19. The van der Waals surface area contributed by atoms with E-state index in [9.17, 15) is 24.6 Å². The van der Waals surface area contributed by atoms with Gasteiger partial charge in [-0.15, -0.1) is 0 Å². The Labute approximate surface area is 299 Å². The number of rotatable bonds is 8. The first-order chi connectivity index (χ1) is 24.6. The Morgan fingerprint density at radius 2 is 1.53 bits per heavy atom. The quantitative estimate of drug-likeness (QED) is 0.102. The summed E-state index contributed by atoms with van der Waals surface area (Å²) in [4.78, 5) is 46.9. The number of phenols is 2. The Kier molecular flexibility index (Phi) is 9.08. The van der Waals surface area contributed by atoms with Crippen LogP contribution < -0.4 is 25.6 Å². The predicted octanol–water partition coefficient (Wildman–Crippen LogP) is 3.90. The number of hydrogen-bond donors (Lipinski definition) is 5. The van der Waals surface area contributed by atoms with Crippen molar-refractivity contribution in [2.75, 3.05) is 49.5 Å². The first-order valence-electron chi connectivity index (χ1n) is 16.6. The Morgan fingerprint density at radius 3 is 2.20 bits per heavy atom. The predicted molar refractivity (Wildman–Crippen MR) is 192 cm³/mol. The molecule has 262 valence electrons. The highest BCUT2D eigenvalue weighted by Crippen LogP contribution is 2.57. The van der Waals surface area contributed by atoms with Crippen molar-refractivity contribution in [1.29, 1.82) is 0 Å². The minimum absolute atomic E-state index is 0.0234. The number of aryl methyl sites for hydroxylation is 1. The first kappa shape index (κ1) is 33.6. The zero-order valence-electron chi connectivity index (χ0n) is 27.8. The lowest BCUT2D eigenvalue weighted by atomic mass is 9.77. The summed E-state index contributed by atoms with van der Waals surface area (Å²) in [5.41, 5.74) is 2.24. The Balaban J connectivity index is 0.894. The van der Waals surface area contributed by atoms with Crippen LogP contribution in [-0.2, 0) is 19.9 Å². The number of pyridine rings is 1. The molecule has 13 nitrogen and oxygen atoms in total. The summed E-state index contributed by atoms with van der Waals surface area (Å²) in [5.74, 6) is 0.624. The first-order valence-corrected chi connectivity index (χ1v) is 17.0. The fourth-order valence-electron chi connectivity index (χ4n) is 6.64. The fourth-order valence-corrected chi connectivity index (χ4v) is 6.86. The van der Waals surface area contributed by atoms with Crippen LogP contribution in [0.2, 0.25) is 0 Å². The van der Waals surface area contributed by atoms with Crippen molar-refractivity contribution in [2.24, 2.45) is 0 Å². The van der Waals surface area contributed by atoms with Crippen LogP contribution in [-0.4, -0.2) is 82.3 Å². The number of nitrogens with zero attached hydrogens (tertiary/aromatic N) is 3. The number of benzene rings is 3. The number of anilines is 2. The van der Waals surface area contributed by atoms with Gasteiger partial charge in [-0.2, -0.15) is 0 Å². The fraction of sp³-hybridized carbons (Fsp3) is 0.270. The molecule has 1 aromatic heterocycles. The third-order valence-corrected chi connectivity index (χ3v) is 9.43. The van der Waals surface area contributed by atoms with Crippen molar-refractivity contribution >= 4 is 46.6 Å². The lowest BCUT2D eigenvalue weighted by Gasteiger charge is -2.36. The second-order valence-electron chi connectivity index (χ2n) is 12.6. The lowest BCUT2D eigenvalue weighted by molar-refractivity contribution is -0.133. The average molecular weight is 709 g/mol. The van der Waals surface area contributed by atoms with Gasteiger partial charge >= 0.3 is 5.97 Å². The number of thiocarbonyl (C=S) groups is 1. The molecular weight excluding hydrogens is 673 g/mol. The largest absolute Gasteiger partial charge is 0.508 e. The third kappa shape index (κ3) is 6.69. The number of nitrogens with one attached hydrogen (secondary N) is 3. The van der Waals surface area contributed by atoms with Crippen LogP contribution in [0.25, 0.3) is 0 Å². The highest BCUT2D eigenvalue weighted by atomic mass is 32.1. The number of hydrogen-bond acceptors (Lipinski definition) is 10. The number of amides is 2. The van der Waals surface area contributed by atoms with E-state index in [0.717, 1.165) is 11.4 Å². The molecule has 2 amide bonds. The smallest absolute Gasteiger partial charge is 0.340 e. The molecule has 0 aliphatic carbocycles. The van der Waals surface area contributed by atoms with E-state index in [1.165, 1.54) is 24.3 Å². The molecule has 0 saturated carbocycles. The van der Waals surface area contributed by atoms with Crippen LogP contribution in [0.5, 0.6) is 23.0 Å². The minimum atomic E-state index is -1.36. The molecular formula is C37H36N6O7S. The molecule has 14 heteroatoms. The zero-order chi connectivity index (χ0) is 35.7. The summed E-state index contributed by atoms with van der Waals surface area (Å²) in [5, 5.41) is 29.4. The Morgan fingerprint density at radius 1 is 0.863 bits per heavy atom. The number of aromatic hydroxyl groups is 2. The van der Waals surface area contributed by atoms with E-state index in [1.54, 1.807) is 35.2 Å². The number of aromatic nitrogens is 1. The topological polar surface area (TPSA) is 166 Å². The van der Waals surface area contributed by atoms with Crippen molar-refractivity contribution in [3.63, 3.8) is 0 Å². The summed E-state index contributed by atoms with van der Waals surface area (Å²) < 4.78 is 12.1. The van der Waals surface area contributed by atoms with Crippen LogP contribution in [0.15, 0.2) is 72.9 Å². The molecule has 3 aromatic carbocycles. The molecule has 0 unspecified atom stereocenters. The van der Waals surface area contributed by atoms with E-state index >= 15 is 0 Å². The van der Waals surface area contributed by atoms with Gasteiger partial charge in [0.2, 0.25) is 11.8 Å². The molecule has 7 rings (SSSR count). The van der Waals surface area contributed by atoms with Crippen molar-refractivity contribution in [1.82, 2.24) is 20.5 Å². The second-order valence-corrected chi connectivity index (χ2v) is 13.0. The second kappa shape index (κ2) is 13.8. The number of esters is 1. The molecule has 0 atom stereocenters. The van der Waals surface area contributed by atoms with Gasteiger partial charge in [0.05, 0.1) is 5.56 Å². The maximum atomic E-state index is 13.4. The van der Waals surface area contributed by atoms with Gasteiger partial charge in [-0.05, 0) is 67.2 Å². The zero-order valence-corrected chi connectivity index (χ0v) is 28.6. The van der Waals surface area contributed by atoms with Crippen LogP contribution >= 0.6 is 12.2 Å². The Hall–Kier alpha value is -5.89. The summed E-state index contributed by atoms with van der Waals surface area (Å²) in [7, 11) is 0. The van der Waals surface area contributed by atoms with E-state index < -0.39 is 11.6 Å². The van der Waals surface area contributed by atoms with E-state index in [-0.39, 0.29) is 41.3 Å². The highest BCUT2D eigenvalue weighted by molar-refractivity contribution is 7.80. The van der Waals surface area contributed by atoms with Crippen molar-refractivity contribution < 1.29 is 34.1 Å². The molecule has 3 aliphatic heterocycles. The number of piperazine rings is 1. The molecule has 5 N–H and O–H groups in total. The number of carbonyl (C=O) groups excluding carboxylic acids is 3. The molecule has 1 spiro atoms. The number of phenolic OH excluding ortho intramolecular Hbond substituents is 2. The van der Waals surface area contributed by atoms with Crippen LogP contribution in [0.3, 0.4) is 0 Å². The normalized spacial score (nSPS) is 15.2. The minimum Gasteiger partial charge on any atom is -0.508 e. The van der Waals surface area contributed by atoms with Crippen molar-refractivity contribution in [3.8, 4) is 23.0 Å². The van der Waals surface area contributed by atoms with E-state index in [0.29, 0.717) is 78.7 Å². The van der Waals surface area contributed by atoms with Gasteiger partial charge in [0.15, 0.2) is 10.7 Å². The molecule has 4 aromatic rings. The molecule has 0 radical (unpaired) electrons. The monoisotopic (exact) mass is 708 g/mol. The van der Waals surface area contributed by atoms with Gasteiger partial charge in [-0.25, -0.2) is 9.78 Å². The standard InChI is InChI=1S/C37H36N6O7S/c1-22-2-9-32(40-21-22)42-14-16-43(17-15-42)34(47)11-10-33(46)38-12-13-39-36(51)41-23-3-6-27-26(18-23)35(48)50-37(27)28-7-4-24(44)19-30(28)49-31-20-25(45)5-8-29(31)37/h2-9,18-21,44-45H,10-17H2,1H3,(H,38,46)(H2,39,41,51). The third-order valence-electron chi connectivity index (χ3n) is 9.18. The van der Waals surface area contributed by atoms with Gasteiger partial charge in [0.25, 0.3) is 0 Å². The number of fused-ring (bicyclic) bond motifs is 6. The highest BCUT2D eigenvalue weighted by Gasteiger charge is 2.53. The van der Waals surface area contributed by atoms with Gasteiger partial charge in [-0.3, -0.25) is 9.59 Å². The Bertz CT molecular complexity index is 1980. The molecule has 1 saturated heterocycles. The van der Waals surface area contributed by atoms with Crippen molar-refractivity contribution in [2.45, 2.75) is 25.4 Å². The van der Waals surface area contributed by atoms with Gasteiger partial charge in [0, 0.05) is 92.8 Å². The van der Waals surface area contributed by atoms with Crippen LogP contribution in [0, 0.1) is 6.92 Å². The number of ether oxygens (including phenoxy) is 2. The molecule has 1 fully saturated rings. The number of carbonyl (C=O) groups is 3. The molecule has 3 aliphatic rings. The van der Waals surface area contributed by atoms with E-state index in [2.05, 4.69) is 25.8 Å². The summed E-state index contributed by atoms with van der Waals surface area (Å²) >= 11 is 5.45. The van der Waals surface area contributed by atoms with E-state index in [4.69, 9.17) is 21.7 Å². The van der Waals surface area contributed by atoms with Gasteiger partial charge in [0.1, 0.15) is 28.8 Å². The van der Waals surface area contributed by atoms with Crippen LogP contribution in [0.4, 0.5) is 11.5 Å². The average Bonchev–Trinajstić information content (AvgIpc) is 3.40. The lowest BCUT2D eigenvalue weighted by Crippen LogP contribution is -2.49. The van der Waals surface area contributed by atoms with Crippen LogP contribution in [0.1, 0.15) is 45.5 Å². The molecule has 4 heterocycles. The van der Waals surface area contributed by atoms with E-state index in [1.807, 2.05) is 25.3 Å². The maximum absolute atomic E-state index is 13.4. The van der Waals surface area contributed by atoms with Crippen molar-refractivity contribution in [3.05, 3.63) is 101 Å². The molecule has 0 bridgehead atoms. The van der Waals surface area contributed by atoms with Gasteiger partial charge in [-0.1, -0.05) is 12.1 Å².